The number of aryl methyl sites for hydroxylation is 1. The van der Waals surface area contributed by atoms with Crippen molar-refractivity contribution in [3.05, 3.63) is 35.1 Å². The maximum atomic E-state index is 6.00. The van der Waals surface area contributed by atoms with E-state index in [1.54, 1.807) is 0 Å². The summed E-state index contributed by atoms with van der Waals surface area (Å²) in [6, 6.07) is 8.62. The van der Waals surface area contributed by atoms with Gasteiger partial charge < -0.3 is 9.64 Å². The molecule has 0 aliphatic carbocycles. The highest BCUT2D eigenvalue weighted by atomic mass is 35.5. The molecular formula is C15H17ClN4O. The van der Waals surface area contributed by atoms with E-state index >= 15 is 0 Å². The number of nitrogens with zero attached hydrogens (tertiary/aromatic N) is 4. The van der Waals surface area contributed by atoms with Crippen molar-refractivity contribution in [3.8, 4) is 6.01 Å². The van der Waals surface area contributed by atoms with Crippen LogP contribution in [-0.2, 0) is 6.42 Å². The van der Waals surface area contributed by atoms with Gasteiger partial charge in [0.15, 0.2) is 0 Å². The number of para-hydroxylation sites is 1. The van der Waals surface area contributed by atoms with Crippen molar-refractivity contribution in [1.82, 2.24) is 15.0 Å². The molecule has 2 heterocycles. The van der Waals surface area contributed by atoms with Gasteiger partial charge in [0, 0.05) is 12.2 Å². The van der Waals surface area contributed by atoms with Crippen LogP contribution in [0.5, 0.6) is 6.01 Å². The number of aromatic nitrogens is 3. The molecule has 1 aromatic carbocycles. The Kier molecular flexibility index (Phi) is 4.20. The molecule has 0 bridgehead atoms. The van der Waals surface area contributed by atoms with Crippen molar-refractivity contribution < 1.29 is 4.74 Å². The normalized spacial score (nSPS) is 14.5. The molecule has 0 N–H and O–H groups in total. The fraction of sp³-hybridized carbons (Fsp3) is 0.400. The third-order valence-electron chi connectivity index (χ3n) is 3.45. The Hall–Kier alpha value is -1.88. The van der Waals surface area contributed by atoms with Gasteiger partial charge in [0.05, 0.1) is 6.61 Å². The third kappa shape index (κ3) is 3.08. The Morgan fingerprint density at radius 2 is 2.05 bits per heavy atom. The predicted octanol–water partition coefficient (Wildman–Crippen LogP) is 3.40. The second kappa shape index (κ2) is 6.26. The minimum atomic E-state index is 0.158. The number of halogens is 1. The second-order valence-electron chi connectivity index (χ2n) is 4.86. The summed E-state index contributed by atoms with van der Waals surface area (Å²) in [4.78, 5) is 14.7. The van der Waals surface area contributed by atoms with Crippen molar-refractivity contribution in [2.75, 3.05) is 18.1 Å². The van der Waals surface area contributed by atoms with Crippen molar-refractivity contribution in [2.45, 2.75) is 26.2 Å². The van der Waals surface area contributed by atoms with Gasteiger partial charge in [-0.25, -0.2) is 0 Å². The van der Waals surface area contributed by atoms with Crippen LogP contribution < -0.4 is 9.64 Å². The van der Waals surface area contributed by atoms with Crippen LogP contribution in [0.15, 0.2) is 24.3 Å². The number of rotatable bonds is 3. The summed E-state index contributed by atoms with van der Waals surface area (Å²) in [5.41, 5.74) is 2.45. The monoisotopic (exact) mass is 304 g/mol. The summed E-state index contributed by atoms with van der Waals surface area (Å²) in [6.07, 6.45) is 3.32. The highest BCUT2D eigenvalue weighted by molar-refractivity contribution is 6.28. The zero-order chi connectivity index (χ0) is 14.7. The van der Waals surface area contributed by atoms with Gasteiger partial charge in [-0.2, -0.15) is 15.0 Å². The minimum absolute atomic E-state index is 0.158. The topological polar surface area (TPSA) is 51.1 Å². The molecule has 0 radical (unpaired) electrons. The van der Waals surface area contributed by atoms with Crippen LogP contribution in [0.3, 0.4) is 0 Å². The van der Waals surface area contributed by atoms with E-state index in [2.05, 4.69) is 38.1 Å². The van der Waals surface area contributed by atoms with E-state index in [1.807, 2.05) is 13.0 Å². The molecule has 6 heteroatoms. The van der Waals surface area contributed by atoms with Gasteiger partial charge in [-0.15, -0.1) is 0 Å². The Morgan fingerprint density at radius 3 is 2.90 bits per heavy atom. The summed E-state index contributed by atoms with van der Waals surface area (Å²) in [5, 5.41) is 0.158. The largest absolute Gasteiger partial charge is 0.464 e. The number of anilines is 2. The molecule has 0 saturated heterocycles. The smallest absolute Gasteiger partial charge is 0.322 e. The number of fused-ring (bicyclic) bond motifs is 1. The van der Waals surface area contributed by atoms with Gasteiger partial charge in [-0.05, 0) is 49.4 Å². The van der Waals surface area contributed by atoms with Crippen LogP contribution in [-0.4, -0.2) is 28.1 Å². The first-order chi connectivity index (χ1) is 10.3. The van der Waals surface area contributed by atoms with Crippen molar-refractivity contribution in [1.29, 1.82) is 0 Å². The fourth-order valence-corrected chi connectivity index (χ4v) is 2.68. The number of ether oxygens (including phenoxy) is 1. The maximum Gasteiger partial charge on any atom is 0.322 e. The van der Waals surface area contributed by atoms with E-state index in [0.717, 1.165) is 31.5 Å². The zero-order valence-corrected chi connectivity index (χ0v) is 12.7. The first-order valence-electron chi connectivity index (χ1n) is 7.17. The van der Waals surface area contributed by atoms with Crippen LogP contribution in [0.4, 0.5) is 11.6 Å². The quantitative estimate of drug-likeness (QED) is 0.870. The summed E-state index contributed by atoms with van der Waals surface area (Å²) in [6.45, 7) is 3.25. The molecule has 0 saturated carbocycles. The summed E-state index contributed by atoms with van der Waals surface area (Å²) in [7, 11) is 0. The number of benzene rings is 1. The SMILES string of the molecule is CCOc1nc(Cl)nc(N2CCCCc3ccccc32)n1. The first kappa shape index (κ1) is 14.1. The summed E-state index contributed by atoms with van der Waals surface area (Å²) in [5.74, 6) is 0.549. The van der Waals surface area contributed by atoms with E-state index in [9.17, 15) is 0 Å². The lowest BCUT2D eigenvalue weighted by Gasteiger charge is -2.22. The molecule has 3 rings (SSSR count). The molecule has 0 amide bonds. The van der Waals surface area contributed by atoms with Gasteiger partial charge in [-0.3, -0.25) is 0 Å². The van der Waals surface area contributed by atoms with E-state index in [0.29, 0.717) is 12.6 Å². The molecule has 21 heavy (non-hydrogen) atoms. The second-order valence-corrected chi connectivity index (χ2v) is 5.20. The van der Waals surface area contributed by atoms with Crippen molar-refractivity contribution >= 4 is 23.2 Å². The van der Waals surface area contributed by atoms with Crippen LogP contribution in [0.25, 0.3) is 0 Å². The Morgan fingerprint density at radius 1 is 1.19 bits per heavy atom. The first-order valence-corrected chi connectivity index (χ1v) is 7.55. The number of hydrogen-bond donors (Lipinski definition) is 0. The lowest BCUT2D eigenvalue weighted by molar-refractivity contribution is 0.311. The van der Waals surface area contributed by atoms with Crippen LogP contribution in [0.1, 0.15) is 25.3 Å². The van der Waals surface area contributed by atoms with Gasteiger partial charge in [0.25, 0.3) is 0 Å². The van der Waals surface area contributed by atoms with Crippen molar-refractivity contribution in [3.63, 3.8) is 0 Å². The molecule has 0 atom stereocenters. The molecular weight excluding hydrogens is 288 g/mol. The average Bonchev–Trinajstić information content (AvgIpc) is 2.69. The third-order valence-corrected chi connectivity index (χ3v) is 3.62. The van der Waals surface area contributed by atoms with Gasteiger partial charge in [0.1, 0.15) is 0 Å². The van der Waals surface area contributed by atoms with E-state index in [4.69, 9.17) is 16.3 Å². The highest BCUT2D eigenvalue weighted by Gasteiger charge is 2.20. The predicted molar refractivity (Wildman–Crippen MR) is 82.4 cm³/mol. The Bertz CT molecular complexity index is 635. The van der Waals surface area contributed by atoms with Gasteiger partial charge >= 0.3 is 6.01 Å². The van der Waals surface area contributed by atoms with Gasteiger partial charge in [0.2, 0.25) is 11.2 Å². The fourth-order valence-electron chi connectivity index (χ4n) is 2.54. The molecule has 1 aliphatic rings. The summed E-state index contributed by atoms with van der Waals surface area (Å²) >= 11 is 6.00. The molecule has 0 fully saturated rings. The van der Waals surface area contributed by atoms with Crippen LogP contribution in [0, 0.1) is 0 Å². The average molecular weight is 305 g/mol. The van der Waals surface area contributed by atoms with Crippen LogP contribution in [0.2, 0.25) is 5.28 Å². The zero-order valence-electron chi connectivity index (χ0n) is 11.9. The molecule has 2 aromatic rings. The van der Waals surface area contributed by atoms with E-state index in [-0.39, 0.29) is 11.3 Å². The Labute approximate surface area is 129 Å². The molecule has 1 aromatic heterocycles. The van der Waals surface area contributed by atoms with Crippen LogP contribution >= 0.6 is 11.6 Å². The van der Waals surface area contributed by atoms with E-state index < -0.39 is 0 Å². The lowest BCUT2D eigenvalue weighted by atomic mass is 10.1. The van der Waals surface area contributed by atoms with E-state index in [1.165, 1.54) is 5.56 Å². The molecule has 0 unspecified atom stereocenters. The minimum Gasteiger partial charge on any atom is -0.464 e. The molecule has 1 aliphatic heterocycles. The lowest BCUT2D eigenvalue weighted by Crippen LogP contribution is -2.21. The molecule has 5 nitrogen and oxygen atoms in total. The summed E-state index contributed by atoms with van der Waals surface area (Å²) < 4.78 is 5.36. The molecule has 110 valence electrons. The standard InChI is InChI=1S/C15H17ClN4O/c1-2-21-15-18-13(16)17-14(19-15)20-10-6-5-8-11-7-3-4-9-12(11)20/h3-4,7,9H,2,5-6,8,10H2,1H3. The molecule has 0 spiro atoms. The van der Waals surface area contributed by atoms with Crippen molar-refractivity contribution in [2.24, 2.45) is 0 Å². The number of hydrogen-bond acceptors (Lipinski definition) is 5. The maximum absolute atomic E-state index is 6.00. The Balaban J connectivity index is 2.03. The highest BCUT2D eigenvalue weighted by Crippen LogP contribution is 2.31. The van der Waals surface area contributed by atoms with Gasteiger partial charge in [-0.1, -0.05) is 18.2 Å².